The van der Waals surface area contributed by atoms with Crippen LogP contribution in [0.5, 0.6) is 5.75 Å². The van der Waals surface area contributed by atoms with Gasteiger partial charge in [0.1, 0.15) is 5.75 Å². The summed E-state index contributed by atoms with van der Waals surface area (Å²) in [5.41, 5.74) is 0.466. The lowest BCUT2D eigenvalue weighted by molar-refractivity contribution is -0.132. The van der Waals surface area contributed by atoms with Crippen LogP contribution in [0, 0.1) is 11.3 Å². The van der Waals surface area contributed by atoms with Gasteiger partial charge >= 0.3 is 0 Å². The van der Waals surface area contributed by atoms with Crippen molar-refractivity contribution in [2.45, 2.75) is 18.9 Å². The zero-order valence-corrected chi connectivity index (χ0v) is 10.8. The molecule has 0 unspecified atom stereocenters. The number of benzene rings is 1. The maximum Gasteiger partial charge on any atom is 0.260 e. The maximum absolute atomic E-state index is 11.7. The first kappa shape index (κ1) is 12.7. The summed E-state index contributed by atoms with van der Waals surface area (Å²) in [4.78, 5) is 13.4. The number of nitrogens with zero attached hydrogens (tertiary/aromatic N) is 2. The largest absolute Gasteiger partial charge is 0.482 e. The molecule has 1 saturated carbocycles. The fourth-order valence-corrected chi connectivity index (χ4v) is 1.83. The molecule has 0 bridgehead atoms. The molecule has 0 atom stereocenters. The quantitative estimate of drug-likeness (QED) is 0.838. The van der Waals surface area contributed by atoms with E-state index in [1.807, 2.05) is 6.07 Å². The minimum atomic E-state index is -0.0575. The number of carbonyl (C=O) groups is 1. The van der Waals surface area contributed by atoms with Gasteiger partial charge in [-0.2, -0.15) is 5.26 Å². The fraction of sp³-hybridized carbons (Fsp3) is 0.385. The van der Waals surface area contributed by atoms with Gasteiger partial charge in [0.05, 0.1) is 16.7 Å². The van der Waals surface area contributed by atoms with Crippen LogP contribution in [-0.2, 0) is 4.79 Å². The van der Waals surface area contributed by atoms with Crippen LogP contribution in [0.15, 0.2) is 18.2 Å². The van der Waals surface area contributed by atoms with Crippen LogP contribution < -0.4 is 4.74 Å². The molecule has 4 nitrogen and oxygen atoms in total. The van der Waals surface area contributed by atoms with Crippen molar-refractivity contribution in [1.29, 1.82) is 5.26 Å². The van der Waals surface area contributed by atoms with Crippen molar-refractivity contribution < 1.29 is 9.53 Å². The van der Waals surface area contributed by atoms with Gasteiger partial charge in [-0.25, -0.2) is 0 Å². The standard InChI is InChI=1S/C13H13ClN2O2/c1-16(10-3-4-10)13(17)8-18-12-5-2-9(7-15)6-11(12)14/h2,5-6,10H,3-4,8H2,1H3. The van der Waals surface area contributed by atoms with Gasteiger partial charge < -0.3 is 9.64 Å². The normalized spacial score (nSPS) is 13.8. The summed E-state index contributed by atoms with van der Waals surface area (Å²) in [6.07, 6.45) is 2.14. The number of hydrogen-bond acceptors (Lipinski definition) is 3. The Balaban J connectivity index is 1.93. The Hall–Kier alpha value is -1.73. The summed E-state index contributed by atoms with van der Waals surface area (Å²) in [6, 6.07) is 7.09. The highest BCUT2D eigenvalue weighted by Gasteiger charge is 2.29. The summed E-state index contributed by atoms with van der Waals surface area (Å²) in [5.74, 6) is 0.367. The molecule has 0 heterocycles. The molecule has 1 fully saturated rings. The molecule has 0 aliphatic heterocycles. The topological polar surface area (TPSA) is 53.3 Å². The SMILES string of the molecule is CN(C(=O)COc1ccc(C#N)cc1Cl)C1CC1. The van der Waals surface area contributed by atoms with Crippen LogP contribution in [0.25, 0.3) is 0 Å². The highest BCUT2D eigenvalue weighted by molar-refractivity contribution is 6.32. The van der Waals surface area contributed by atoms with E-state index in [-0.39, 0.29) is 12.5 Å². The van der Waals surface area contributed by atoms with Crippen LogP contribution in [-0.4, -0.2) is 30.5 Å². The predicted octanol–water partition coefficient (Wildman–Crippen LogP) is 2.21. The van der Waals surface area contributed by atoms with E-state index in [2.05, 4.69) is 0 Å². The van der Waals surface area contributed by atoms with E-state index < -0.39 is 0 Å². The summed E-state index contributed by atoms with van der Waals surface area (Å²) in [5, 5.41) is 9.05. The molecule has 1 amide bonds. The summed E-state index contributed by atoms with van der Waals surface area (Å²) in [7, 11) is 1.78. The third kappa shape index (κ3) is 2.93. The molecule has 0 aromatic heterocycles. The van der Waals surface area contributed by atoms with Crippen molar-refractivity contribution in [1.82, 2.24) is 4.90 Å². The minimum Gasteiger partial charge on any atom is -0.482 e. The highest BCUT2D eigenvalue weighted by atomic mass is 35.5. The molecule has 94 valence electrons. The predicted molar refractivity (Wildman–Crippen MR) is 67.5 cm³/mol. The number of carbonyl (C=O) groups excluding carboxylic acids is 1. The lowest BCUT2D eigenvalue weighted by atomic mass is 10.2. The first-order valence-corrected chi connectivity index (χ1v) is 6.07. The van der Waals surface area contributed by atoms with Gasteiger partial charge in [-0.1, -0.05) is 11.6 Å². The number of amides is 1. The number of likely N-dealkylation sites (N-methyl/N-ethyl adjacent to an activating group) is 1. The number of halogens is 1. The molecule has 0 radical (unpaired) electrons. The number of hydrogen-bond donors (Lipinski definition) is 0. The molecule has 18 heavy (non-hydrogen) atoms. The van der Waals surface area contributed by atoms with Crippen molar-refractivity contribution in [2.75, 3.05) is 13.7 Å². The number of rotatable bonds is 4. The second-order valence-electron chi connectivity index (χ2n) is 4.28. The third-order valence-corrected chi connectivity index (χ3v) is 3.20. The minimum absolute atomic E-state index is 0.0291. The molecule has 1 aromatic rings. The van der Waals surface area contributed by atoms with Crippen LogP contribution in [0.3, 0.4) is 0 Å². The Morgan fingerprint density at radius 2 is 2.33 bits per heavy atom. The van der Waals surface area contributed by atoms with Crippen LogP contribution in [0.2, 0.25) is 5.02 Å². The first-order chi connectivity index (χ1) is 8.61. The van der Waals surface area contributed by atoms with E-state index in [0.29, 0.717) is 22.4 Å². The molecule has 0 spiro atoms. The average Bonchev–Trinajstić information content (AvgIpc) is 3.20. The monoisotopic (exact) mass is 264 g/mol. The van der Waals surface area contributed by atoms with Gasteiger partial charge in [0.25, 0.3) is 5.91 Å². The Bertz CT molecular complexity index is 506. The van der Waals surface area contributed by atoms with Gasteiger partial charge in [-0.15, -0.1) is 0 Å². The maximum atomic E-state index is 11.7. The zero-order chi connectivity index (χ0) is 13.1. The van der Waals surface area contributed by atoms with Gasteiger partial charge in [-0.3, -0.25) is 4.79 Å². The van der Waals surface area contributed by atoms with E-state index in [1.54, 1.807) is 24.1 Å². The average molecular weight is 265 g/mol. The molecule has 1 aliphatic rings. The molecule has 1 aromatic carbocycles. The smallest absolute Gasteiger partial charge is 0.260 e. The summed E-state index contributed by atoms with van der Waals surface area (Å²) in [6.45, 7) is -0.0291. The zero-order valence-electron chi connectivity index (χ0n) is 10.0. The van der Waals surface area contributed by atoms with Gasteiger partial charge in [0, 0.05) is 13.1 Å². The number of nitriles is 1. The molecule has 2 rings (SSSR count). The van der Waals surface area contributed by atoms with E-state index in [4.69, 9.17) is 21.6 Å². The van der Waals surface area contributed by atoms with Gasteiger partial charge in [0.2, 0.25) is 0 Å². The molecule has 0 saturated heterocycles. The highest BCUT2D eigenvalue weighted by Crippen LogP contribution is 2.27. The first-order valence-electron chi connectivity index (χ1n) is 5.70. The van der Waals surface area contributed by atoms with Crippen molar-refractivity contribution in [3.63, 3.8) is 0 Å². The van der Waals surface area contributed by atoms with E-state index in [1.165, 1.54) is 6.07 Å². The second kappa shape index (κ2) is 5.28. The van der Waals surface area contributed by atoms with E-state index in [0.717, 1.165) is 12.8 Å². The van der Waals surface area contributed by atoms with Crippen molar-refractivity contribution in [3.05, 3.63) is 28.8 Å². The summed E-state index contributed by atoms with van der Waals surface area (Å²) >= 11 is 5.95. The van der Waals surface area contributed by atoms with Crippen molar-refractivity contribution in [3.8, 4) is 11.8 Å². The molecular weight excluding hydrogens is 252 g/mol. The van der Waals surface area contributed by atoms with Crippen molar-refractivity contribution >= 4 is 17.5 Å². The van der Waals surface area contributed by atoms with E-state index >= 15 is 0 Å². The van der Waals surface area contributed by atoms with Crippen LogP contribution in [0.4, 0.5) is 0 Å². The van der Waals surface area contributed by atoms with Crippen LogP contribution >= 0.6 is 11.6 Å². The van der Waals surface area contributed by atoms with Gasteiger partial charge in [-0.05, 0) is 31.0 Å². The molecule has 0 N–H and O–H groups in total. The Labute approximate surface area is 111 Å². The third-order valence-electron chi connectivity index (χ3n) is 2.90. The number of ether oxygens (including phenoxy) is 1. The molecular formula is C13H13ClN2O2. The Morgan fingerprint density at radius 1 is 1.61 bits per heavy atom. The van der Waals surface area contributed by atoms with Gasteiger partial charge in [0.15, 0.2) is 6.61 Å². The Kier molecular flexibility index (Phi) is 3.73. The van der Waals surface area contributed by atoms with Crippen LogP contribution in [0.1, 0.15) is 18.4 Å². The molecule has 5 heteroatoms. The lowest BCUT2D eigenvalue weighted by Gasteiger charge is -2.16. The molecule has 1 aliphatic carbocycles. The van der Waals surface area contributed by atoms with E-state index in [9.17, 15) is 4.79 Å². The Morgan fingerprint density at radius 3 is 2.89 bits per heavy atom. The van der Waals surface area contributed by atoms with Crippen molar-refractivity contribution in [2.24, 2.45) is 0 Å². The lowest BCUT2D eigenvalue weighted by Crippen LogP contribution is -2.33. The fourth-order valence-electron chi connectivity index (χ4n) is 1.59. The second-order valence-corrected chi connectivity index (χ2v) is 4.69. The summed E-state index contributed by atoms with van der Waals surface area (Å²) < 4.78 is 5.36.